The first-order valence-electron chi connectivity index (χ1n) is 9.98. The second-order valence-corrected chi connectivity index (χ2v) is 7.53. The lowest BCUT2D eigenvalue weighted by Crippen LogP contribution is -2.53. The number of aliphatic imine (C=N–C) groups is 1. The Morgan fingerprint density at radius 3 is 2.61 bits per heavy atom. The number of hydrogen-bond acceptors (Lipinski definition) is 3. The van der Waals surface area contributed by atoms with E-state index < -0.39 is 5.82 Å². The molecule has 2 heterocycles. The molecular weight excluding hydrogens is 475 g/mol. The third-order valence-corrected chi connectivity index (χ3v) is 5.38. The van der Waals surface area contributed by atoms with Crippen LogP contribution in [0.1, 0.15) is 19.8 Å². The van der Waals surface area contributed by atoms with Crippen LogP contribution >= 0.6 is 24.0 Å². The second kappa shape index (κ2) is 11.1. The van der Waals surface area contributed by atoms with Crippen molar-refractivity contribution in [3.05, 3.63) is 29.8 Å². The highest BCUT2D eigenvalue weighted by Gasteiger charge is 2.23. The van der Waals surface area contributed by atoms with E-state index in [1.165, 1.54) is 31.5 Å². The zero-order chi connectivity index (χ0) is 19.2. The van der Waals surface area contributed by atoms with Crippen molar-refractivity contribution in [1.29, 1.82) is 0 Å². The molecule has 0 aromatic heterocycles. The summed E-state index contributed by atoms with van der Waals surface area (Å²) in [6, 6.07) is 3.64. The van der Waals surface area contributed by atoms with Gasteiger partial charge in [0.05, 0.1) is 5.69 Å². The minimum Gasteiger partial charge on any atom is -0.366 e. The van der Waals surface area contributed by atoms with Crippen LogP contribution in [0.4, 0.5) is 14.5 Å². The maximum Gasteiger partial charge on any atom is 0.194 e. The molecule has 2 aliphatic rings. The molecule has 28 heavy (non-hydrogen) atoms. The maximum absolute atomic E-state index is 14.0. The molecule has 2 aliphatic heterocycles. The average Bonchev–Trinajstić information content (AvgIpc) is 2.67. The number of rotatable bonds is 4. The fourth-order valence-corrected chi connectivity index (χ4v) is 3.95. The van der Waals surface area contributed by atoms with Gasteiger partial charge in [0.15, 0.2) is 5.96 Å². The normalized spacial score (nSPS) is 21.4. The SMILES string of the molecule is CCNC(=NCC1CCCN(C)C1)N1CCN(c2cc(F)ccc2F)CC1.I. The molecule has 1 N–H and O–H groups in total. The Balaban J connectivity index is 0.00000280. The van der Waals surface area contributed by atoms with Crippen LogP contribution in [0, 0.1) is 17.6 Å². The van der Waals surface area contributed by atoms with E-state index in [4.69, 9.17) is 4.99 Å². The summed E-state index contributed by atoms with van der Waals surface area (Å²) in [6.45, 7) is 8.80. The molecule has 5 nitrogen and oxygen atoms in total. The molecule has 1 aromatic carbocycles. The topological polar surface area (TPSA) is 34.1 Å². The zero-order valence-corrected chi connectivity index (χ0v) is 19.2. The summed E-state index contributed by atoms with van der Waals surface area (Å²) >= 11 is 0. The van der Waals surface area contributed by atoms with Gasteiger partial charge in [-0.15, -0.1) is 24.0 Å². The number of nitrogens with one attached hydrogen (secondary N) is 1. The van der Waals surface area contributed by atoms with Crippen molar-refractivity contribution in [2.75, 3.05) is 64.3 Å². The quantitative estimate of drug-likeness (QED) is 0.386. The predicted octanol–water partition coefficient (Wildman–Crippen LogP) is 3.01. The number of piperidine rings is 1. The summed E-state index contributed by atoms with van der Waals surface area (Å²) in [4.78, 5) is 11.4. The number of hydrogen-bond donors (Lipinski definition) is 1. The lowest BCUT2D eigenvalue weighted by atomic mass is 9.99. The molecule has 0 bridgehead atoms. The monoisotopic (exact) mass is 507 g/mol. The van der Waals surface area contributed by atoms with Crippen LogP contribution in [-0.2, 0) is 0 Å². The Kier molecular flexibility index (Phi) is 9.20. The number of nitrogens with zero attached hydrogens (tertiary/aromatic N) is 4. The van der Waals surface area contributed by atoms with Crippen LogP contribution in [0.5, 0.6) is 0 Å². The van der Waals surface area contributed by atoms with E-state index in [9.17, 15) is 8.78 Å². The first kappa shape index (κ1) is 23.1. The summed E-state index contributed by atoms with van der Waals surface area (Å²) in [7, 11) is 2.17. The zero-order valence-electron chi connectivity index (χ0n) is 16.8. The van der Waals surface area contributed by atoms with Crippen molar-refractivity contribution in [1.82, 2.24) is 15.1 Å². The molecule has 3 rings (SSSR count). The number of piperazine rings is 1. The van der Waals surface area contributed by atoms with E-state index in [0.717, 1.165) is 44.7 Å². The molecule has 0 aliphatic carbocycles. The first-order valence-corrected chi connectivity index (χ1v) is 9.98. The number of halogens is 3. The van der Waals surface area contributed by atoms with Crippen molar-refractivity contribution >= 4 is 35.6 Å². The van der Waals surface area contributed by atoms with Gasteiger partial charge in [0.2, 0.25) is 0 Å². The molecular formula is C20H32F2IN5. The van der Waals surface area contributed by atoms with Crippen LogP contribution in [0.3, 0.4) is 0 Å². The van der Waals surface area contributed by atoms with Crippen molar-refractivity contribution in [2.45, 2.75) is 19.8 Å². The number of anilines is 1. The van der Waals surface area contributed by atoms with Crippen molar-refractivity contribution in [3.63, 3.8) is 0 Å². The summed E-state index contributed by atoms with van der Waals surface area (Å²) in [5, 5.41) is 3.39. The average molecular weight is 507 g/mol. The maximum atomic E-state index is 14.0. The van der Waals surface area contributed by atoms with E-state index in [1.807, 2.05) is 4.90 Å². The van der Waals surface area contributed by atoms with Crippen molar-refractivity contribution in [3.8, 4) is 0 Å². The van der Waals surface area contributed by atoms with Crippen LogP contribution in [0.25, 0.3) is 0 Å². The van der Waals surface area contributed by atoms with Gasteiger partial charge in [0.1, 0.15) is 11.6 Å². The molecule has 0 spiro atoms. The van der Waals surface area contributed by atoms with E-state index in [0.29, 0.717) is 24.7 Å². The molecule has 1 unspecified atom stereocenters. The van der Waals surface area contributed by atoms with E-state index >= 15 is 0 Å². The van der Waals surface area contributed by atoms with Gasteiger partial charge in [-0.25, -0.2) is 8.78 Å². The van der Waals surface area contributed by atoms with Crippen LogP contribution in [-0.4, -0.2) is 75.2 Å². The fourth-order valence-electron chi connectivity index (χ4n) is 3.95. The third kappa shape index (κ3) is 6.17. The van der Waals surface area contributed by atoms with E-state index in [1.54, 1.807) is 0 Å². The Bertz CT molecular complexity index is 649. The van der Waals surface area contributed by atoms with Crippen molar-refractivity contribution < 1.29 is 8.78 Å². The second-order valence-electron chi connectivity index (χ2n) is 7.53. The molecule has 1 atom stereocenters. The number of benzene rings is 1. The highest BCUT2D eigenvalue weighted by molar-refractivity contribution is 14.0. The summed E-state index contributed by atoms with van der Waals surface area (Å²) in [5.41, 5.74) is 0.349. The van der Waals surface area contributed by atoms with Gasteiger partial charge in [-0.2, -0.15) is 0 Å². The van der Waals surface area contributed by atoms with Gasteiger partial charge < -0.3 is 20.0 Å². The number of likely N-dealkylation sites (tertiary alicyclic amines) is 1. The van der Waals surface area contributed by atoms with Crippen LogP contribution < -0.4 is 10.2 Å². The molecule has 1 aromatic rings. The Morgan fingerprint density at radius 2 is 1.93 bits per heavy atom. The van der Waals surface area contributed by atoms with Gasteiger partial charge in [-0.1, -0.05) is 0 Å². The van der Waals surface area contributed by atoms with Crippen molar-refractivity contribution in [2.24, 2.45) is 10.9 Å². The molecule has 2 saturated heterocycles. The smallest absolute Gasteiger partial charge is 0.194 e. The van der Waals surface area contributed by atoms with Crippen LogP contribution in [0.15, 0.2) is 23.2 Å². The van der Waals surface area contributed by atoms with E-state index in [2.05, 4.69) is 29.1 Å². The fraction of sp³-hybridized carbons (Fsp3) is 0.650. The molecule has 0 amide bonds. The van der Waals surface area contributed by atoms with Gasteiger partial charge >= 0.3 is 0 Å². The molecule has 8 heteroatoms. The Morgan fingerprint density at radius 1 is 1.18 bits per heavy atom. The summed E-state index contributed by atoms with van der Waals surface area (Å²) < 4.78 is 27.5. The van der Waals surface area contributed by atoms with Gasteiger partial charge in [-0.05, 0) is 51.4 Å². The molecule has 2 fully saturated rings. The van der Waals surface area contributed by atoms with Gasteiger partial charge in [0.25, 0.3) is 0 Å². The minimum atomic E-state index is -0.402. The minimum absolute atomic E-state index is 0. The third-order valence-electron chi connectivity index (χ3n) is 5.38. The molecule has 0 saturated carbocycles. The summed E-state index contributed by atoms with van der Waals surface area (Å²) in [5.74, 6) is 0.776. The lowest BCUT2D eigenvalue weighted by Gasteiger charge is -2.38. The molecule has 0 radical (unpaired) electrons. The lowest BCUT2D eigenvalue weighted by molar-refractivity contribution is 0.214. The molecule has 158 valence electrons. The summed E-state index contributed by atoms with van der Waals surface area (Å²) in [6.07, 6.45) is 2.48. The first-order chi connectivity index (χ1) is 13.1. The van der Waals surface area contributed by atoms with E-state index in [-0.39, 0.29) is 29.8 Å². The standard InChI is InChI=1S/C20H31F2N5.HI/c1-3-23-20(24-14-16-5-4-8-25(2)15-16)27-11-9-26(10-12-27)19-13-17(21)6-7-18(19)22;/h6-7,13,16H,3-5,8-12,14-15H2,1-2H3,(H,23,24);1H. The number of guanidine groups is 1. The Labute approximate surface area is 184 Å². The van der Waals surface area contributed by atoms with Gasteiger partial charge in [-0.3, -0.25) is 4.99 Å². The Hall–Kier alpha value is -1.16. The largest absolute Gasteiger partial charge is 0.366 e. The predicted molar refractivity (Wildman–Crippen MR) is 122 cm³/mol. The highest BCUT2D eigenvalue weighted by Crippen LogP contribution is 2.22. The van der Waals surface area contributed by atoms with Crippen LogP contribution in [0.2, 0.25) is 0 Å². The van der Waals surface area contributed by atoms with Gasteiger partial charge in [0, 0.05) is 51.9 Å². The highest BCUT2D eigenvalue weighted by atomic mass is 127.